The number of carbonyl (C=O) groups excluding carboxylic acids is 1. The zero-order valence-corrected chi connectivity index (χ0v) is 6.47. The maximum absolute atomic E-state index is 9.88. The lowest BCUT2D eigenvalue weighted by Gasteiger charge is -1.77. The summed E-state index contributed by atoms with van der Waals surface area (Å²) in [6.45, 7) is 0.0139. The number of rotatable bonds is 0. The summed E-state index contributed by atoms with van der Waals surface area (Å²) in [5.41, 5.74) is 1.96. The molecule has 0 bridgehead atoms. The minimum atomic E-state index is -0.241. The molecule has 0 atom stereocenters. The zero-order chi connectivity index (χ0) is 7.94. The molecule has 0 spiro atoms. The molecule has 1 amide bonds. The van der Waals surface area contributed by atoms with Crippen LogP contribution >= 0.6 is 11.3 Å². The quantitative estimate of drug-likeness (QED) is 0.588. The number of carbonyl (C=O) groups is 1. The molecule has 1 aliphatic rings. The molecule has 0 radical (unpaired) electrons. The summed E-state index contributed by atoms with van der Waals surface area (Å²) in [6.07, 6.45) is 0. The SMILES string of the molecule is O=C1COON1.c1ccsc1. The summed E-state index contributed by atoms with van der Waals surface area (Å²) >= 11 is 1.71. The van der Waals surface area contributed by atoms with E-state index in [1.54, 1.807) is 11.3 Å². The molecule has 11 heavy (non-hydrogen) atoms. The second kappa shape index (κ2) is 4.84. The molecule has 0 saturated carbocycles. The Balaban J connectivity index is 0.000000112. The molecule has 1 saturated heterocycles. The molecule has 0 aromatic carbocycles. The predicted octanol–water partition coefficient (Wildman–Crippen LogP) is 0.727. The minimum absolute atomic E-state index is 0.0139. The van der Waals surface area contributed by atoms with E-state index < -0.39 is 0 Å². The van der Waals surface area contributed by atoms with Crippen LogP contribution in [0.3, 0.4) is 0 Å². The molecular formula is C6H7NO3S. The molecule has 1 fully saturated rings. The van der Waals surface area contributed by atoms with Crippen LogP contribution in [-0.4, -0.2) is 12.5 Å². The first-order valence-electron chi connectivity index (χ1n) is 2.94. The molecule has 4 nitrogen and oxygen atoms in total. The lowest BCUT2D eigenvalue weighted by Crippen LogP contribution is -2.13. The number of amides is 1. The molecule has 2 heterocycles. The highest BCUT2D eigenvalue weighted by molar-refractivity contribution is 7.07. The molecule has 1 aromatic heterocycles. The summed E-state index contributed by atoms with van der Waals surface area (Å²) < 4.78 is 0. The van der Waals surface area contributed by atoms with Crippen LogP contribution in [0.1, 0.15) is 0 Å². The van der Waals surface area contributed by atoms with Crippen molar-refractivity contribution in [3.63, 3.8) is 0 Å². The number of hydrogen-bond acceptors (Lipinski definition) is 4. The Hall–Kier alpha value is -0.910. The Labute approximate surface area is 67.6 Å². The number of nitrogens with one attached hydrogen (secondary N) is 1. The van der Waals surface area contributed by atoms with Gasteiger partial charge < -0.3 is 0 Å². The molecule has 5 heteroatoms. The molecule has 1 aromatic rings. The molecule has 0 unspecified atom stereocenters. The minimum Gasteiger partial charge on any atom is -0.270 e. The van der Waals surface area contributed by atoms with Crippen molar-refractivity contribution in [2.75, 3.05) is 6.61 Å². The van der Waals surface area contributed by atoms with Crippen LogP contribution in [0.4, 0.5) is 0 Å². The van der Waals surface area contributed by atoms with E-state index in [1.807, 2.05) is 28.4 Å². The number of hydrogen-bond donors (Lipinski definition) is 1. The average molecular weight is 173 g/mol. The van der Waals surface area contributed by atoms with Crippen LogP contribution in [0.5, 0.6) is 0 Å². The summed E-state index contributed by atoms with van der Waals surface area (Å²) in [4.78, 5) is 17.9. The first-order chi connectivity index (χ1) is 5.39. The maximum Gasteiger partial charge on any atom is 0.275 e. The largest absolute Gasteiger partial charge is 0.275 e. The summed E-state index contributed by atoms with van der Waals surface area (Å²) in [5.74, 6) is -0.241. The smallest absolute Gasteiger partial charge is 0.270 e. The third kappa shape index (κ3) is 3.72. The van der Waals surface area contributed by atoms with Crippen molar-refractivity contribution in [1.82, 2.24) is 5.48 Å². The fraction of sp³-hybridized carbons (Fsp3) is 0.167. The van der Waals surface area contributed by atoms with Crippen molar-refractivity contribution < 1.29 is 14.7 Å². The molecular weight excluding hydrogens is 166 g/mol. The second-order valence-corrected chi connectivity index (χ2v) is 2.48. The monoisotopic (exact) mass is 173 g/mol. The fourth-order valence-electron chi connectivity index (χ4n) is 0.415. The van der Waals surface area contributed by atoms with Gasteiger partial charge in [0.15, 0.2) is 6.61 Å². The normalized spacial score (nSPS) is 15.1. The highest BCUT2D eigenvalue weighted by Gasteiger charge is 2.08. The van der Waals surface area contributed by atoms with E-state index >= 15 is 0 Å². The van der Waals surface area contributed by atoms with Gasteiger partial charge in [0.05, 0.1) is 0 Å². The molecule has 60 valence electrons. The second-order valence-electron chi connectivity index (χ2n) is 1.66. The highest BCUT2D eigenvalue weighted by Crippen LogP contribution is 1.91. The van der Waals surface area contributed by atoms with Crippen molar-refractivity contribution >= 4 is 17.2 Å². The van der Waals surface area contributed by atoms with Crippen LogP contribution in [-0.2, 0) is 14.7 Å². The lowest BCUT2D eigenvalue weighted by molar-refractivity contribution is -0.285. The third-order valence-electron chi connectivity index (χ3n) is 0.830. The van der Waals surface area contributed by atoms with E-state index in [2.05, 4.69) is 9.88 Å². The Morgan fingerprint density at radius 1 is 1.45 bits per heavy atom. The Bertz CT molecular complexity index is 174. The average Bonchev–Trinajstić information content (AvgIpc) is 2.57. The van der Waals surface area contributed by atoms with Gasteiger partial charge in [-0.25, -0.2) is 10.4 Å². The van der Waals surface area contributed by atoms with Crippen molar-refractivity contribution in [3.8, 4) is 0 Å². The summed E-state index contributed by atoms with van der Waals surface area (Å²) in [7, 11) is 0. The van der Waals surface area contributed by atoms with Crippen LogP contribution in [0.15, 0.2) is 22.9 Å². The molecule has 1 aliphatic heterocycles. The van der Waals surface area contributed by atoms with E-state index in [0.717, 1.165) is 0 Å². The van der Waals surface area contributed by atoms with E-state index in [4.69, 9.17) is 0 Å². The van der Waals surface area contributed by atoms with Gasteiger partial charge in [-0.1, -0.05) is 12.1 Å². The van der Waals surface area contributed by atoms with Gasteiger partial charge in [0.2, 0.25) is 0 Å². The van der Waals surface area contributed by atoms with Gasteiger partial charge in [-0.15, -0.1) is 4.99 Å². The van der Waals surface area contributed by atoms with Gasteiger partial charge in [-0.05, 0) is 10.8 Å². The predicted molar refractivity (Wildman–Crippen MR) is 39.5 cm³/mol. The van der Waals surface area contributed by atoms with Crippen LogP contribution in [0.25, 0.3) is 0 Å². The van der Waals surface area contributed by atoms with Gasteiger partial charge in [0.1, 0.15) is 0 Å². The van der Waals surface area contributed by atoms with E-state index in [0.29, 0.717) is 0 Å². The van der Waals surface area contributed by atoms with Gasteiger partial charge in [-0.2, -0.15) is 11.3 Å². The lowest BCUT2D eigenvalue weighted by atomic mass is 10.7. The fourth-order valence-corrected chi connectivity index (χ4v) is 0.869. The first-order valence-corrected chi connectivity index (χ1v) is 3.88. The van der Waals surface area contributed by atoms with E-state index in [-0.39, 0.29) is 12.5 Å². The Kier molecular flexibility index (Phi) is 3.60. The van der Waals surface area contributed by atoms with Gasteiger partial charge in [-0.3, -0.25) is 4.79 Å². The molecule has 2 rings (SSSR count). The number of thiophene rings is 1. The van der Waals surface area contributed by atoms with Crippen LogP contribution in [0.2, 0.25) is 0 Å². The van der Waals surface area contributed by atoms with Crippen molar-refractivity contribution in [1.29, 1.82) is 0 Å². The standard InChI is InChI=1S/C4H4S.C2H3NO3/c1-2-4-5-3-1;4-2-1-5-6-3-2/h1-4H;1H2,(H,3,4). The highest BCUT2D eigenvalue weighted by atomic mass is 32.1. The topological polar surface area (TPSA) is 47.6 Å². The van der Waals surface area contributed by atoms with Crippen molar-refractivity contribution in [2.24, 2.45) is 0 Å². The van der Waals surface area contributed by atoms with Gasteiger partial charge in [0.25, 0.3) is 5.91 Å². The Morgan fingerprint density at radius 2 is 2.18 bits per heavy atom. The van der Waals surface area contributed by atoms with E-state index in [1.165, 1.54) is 0 Å². The summed E-state index contributed by atoms with van der Waals surface area (Å²) in [5, 5.41) is 4.08. The van der Waals surface area contributed by atoms with Gasteiger partial charge in [0, 0.05) is 0 Å². The maximum atomic E-state index is 9.88. The first kappa shape index (κ1) is 8.19. The Morgan fingerprint density at radius 3 is 2.36 bits per heavy atom. The third-order valence-corrected chi connectivity index (χ3v) is 1.46. The van der Waals surface area contributed by atoms with Gasteiger partial charge >= 0.3 is 0 Å². The molecule has 0 aliphatic carbocycles. The van der Waals surface area contributed by atoms with E-state index in [9.17, 15) is 4.79 Å². The zero-order valence-electron chi connectivity index (χ0n) is 5.65. The van der Waals surface area contributed by atoms with Crippen molar-refractivity contribution in [2.45, 2.75) is 0 Å². The summed E-state index contributed by atoms with van der Waals surface area (Å²) in [6, 6.07) is 4.04. The van der Waals surface area contributed by atoms with Crippen molar-refractivity contribution in [3.05, 3.63) is 22.9 Å². The van der Waals surface area contributed by atoms with Crippen LogP contribution < -0.4 is 5.48 Å². The molecule has 1 N–H and O–H groups in total. The number of hydroxylamine groups is 1. The van der Waals surface area contributed by atoms with Crippen LogP contribution in [0, 0.1) is 0 Å².